The highest BCUT2D eigenvalue weighted by Gasteiger charge is 2.01. The monoisotopic (exact) mass is 220 g/mol. The summed E-state index contributed by atoms with van der Waals surface area (Å²) in [4.78, 5) is 0. The largest absolute Gasteiger partial charge is 0.385 e. The molecular formula is C14H24N2. The Hall–Kier alpha value is -1.02. The Morgan fingerprint density at radius 2 is 1.75 bits per heavy atom. The first-order chi connectivity index (χ1) is 7.50. The summed E-state index contributed by atoms with van der Waals surface area (Å²) >= 11 is 0. The molecule has 0 saturated heterocycles. The van der Waals surface area contributed by atoms with Gasteiger partial charge in [0.05, 0.1) is 0 Å². The van der Waals surface area contributed by atoms with Crippen molar-refractivity contribution in [1.82, 2.24) is 0 Å². The average Bonchev–Trinajstić information content (AvgIpc) is 2.19. The minimum absolute atomic E-state index is 0.308. The second-order valence-corrected chi connectivity index (χ2v) is 4.80. The van der Waals surface area contributed by atoms with E-state index in [1.54, 1.807) is 0 Å². The lowest BCUT2D eigenvalue weighted by Gasteiger charge is -2.12. The lowest BCUT2D eigenvalue weighted by Crippen LogP contribution is -2.16. The maximum atomic E-state index is 5.72. The van der Waals surface area contributed by atoms with Crippen molar-refractivity contribution >= 4 is 5.69 Å². The van der Waals surface area contributed by atoms with Crippen molar-refractivity contribution in [3.05, 3.63) is 28.8 Å². The molecule has 1 aromatic rings. The first kappa shape index (κ1) is 13.0. The van der Waals surface area contributed by atoms with Crippen molar-refractivity contribution in [1.29, 1.82) is 0 Å². The van der Waals surface area contributed by atoms with Crippen molar-refractivity contribution in [3.63, 3.8) is 0 Å². The number of hydrogen-bond donors (Lipinski definition) is 2. The van der Waals surface area contributed by atoms with E-state index in [9.17, 15) is 0 Å². The molecule has 1 unspecified atom stereocenters. The topological polar surface area (TPSA) is 38.0 Å². The van der Waals surface area contributed by atoms with E-state index >= 15 is 0 Å². The van der Waals surface area contributed by atoms with Crippen LogP contribution in [0.4, 0.5) is 5.69 Å². The summed E-state index contributed by atoms with van der Waals surface area (Å²) in [5.41, 5.74) is 11.0. The number of benzene rings is 1. The highest BCUT2D eigenvalue weighted by Crippen LogP contribution is 2.19. The van der Waals surface area contributed by atoms with E-state index in [2.05, 4.69) is 45.1 Å². The van der Waals surface area contributed by atoms with E-state index in [4.69, 9.17) is 5.73 Å². The van der Waals surface area contributed by atoms with Gasteiger partial charge >= 0.3 is 0 Å². The molecule has 0 spiro atoms. The molecule has 0 aliphatic carbocycles. The van der Waals surface area contributed by atoms with Gasteiger partial charge in [-0.05, 0) is 63.3 Å². The number of hydrogen-bond acceptors (Lipinski definition) is 2. The third-order valence-corrected chi connectivity index (χ3v) is 2.99. The Morgan fingerprint density at radius 1 is 1.12 bits per heavy atom. The summed E-state index contributed by atoms with van der Waals surface area (Å²) in [7, 11) is 0. The summed E-state index contributed by atoms with van der Waals surface area (Å²) in [5.74, 6) is 0. The molecule has 1 rings (SSSR count). The van der Waals surface area contributed by atoms with E-state index in [0.29, 0.717) is 6.04 Å². The van der Waals surface area contributed by atoms with Crippen LogP contribution in [0.1, 0.15) is 36.5 Å². The zero-order chi connectivity index (χ0) is 12.1. The molecule has 0 fully saturated rings. The average molecular weight is 220 g/mol. The molecule has 0 aliphatic heterocycles. The SMILES string of the molecule is Cc1cc(C)c(NCCCC(C)N)cc1C. The van der Waals surface area contributed by atoms with Crippen LogP contribution in [-0.4, -0.2) is 12.6 Å². The van der Waals surface area contributed by atoms with Gasteiger partial charge in [-0.15, -0.1) is 0 Å². The third kappa shape index (κ3) is 3.86. The maximum absolute atomic E-state index is 5.72. The first-order valence-corrected chi connectivity index (χ1v) is 6.08. The van der Waals surface area contributed by atoms with Gasteiger partial charge in [0.15, 0.2) is 0 Å². The van der Waals surface area contributed by atoms with Crippen LogP contribution in [0, 0.1) is 20.8 Å². The van der Waals surface area contributed by atoms with E-state index in [-0.39, 0.29) is 0 Å². The van der Waals surface area contributed by atoms with Crippen LogP contribution in [0.2, 0.25) is 0 Å². The second-order valence-electron chi connectivity index (χ2n) is 4.80. The van der Waals surface area contributed by atoms with Crippen LogP contribution in [0.15, 0.2) is 12.1 Å². The Bertz CT molecular complexity index is 343. The van der Waals surface area contributed by atoms with Gasteiger partial charge in [-0.3, -0.25) is 0 Å². The zero-order valence-corrected chi connectivity index (χ0v) is 10.9. The van der Waals surface area contributed by atoms with E-state index in [1.165, 1.54) is 22.4 Å². The molecule has 2 nitrogen and oxygen atoms in total. The Morgan fingerprint density at radius 3 is 2.38 bits per heavy atom. The minimum atomic E-state index is 0.308. The van der Waals surface area contributed by atoms with Crippen molar-refractivity contribution in [2.75, 3.05) is 11.9 Å². The van der Waals surface area contributed by atoms with Crippen LogP contribution in [0.25, 0.3) is 0 Å². The predicted molar refractivity (Wildman–Crippen MR) is 72.0 cm³/mol. The Labute approximate surface area is 99.2 Å². The molecule has 0 aliphatic rings. The van der Waals surface area contributed by atoms with Crippen LogP contribution in [0.3, 0.4) is 0 Å². The molecule has 0 radical (unpaired) electrons. The number of aryl methyl sites for hydroxylation is 3. The predicted octanol–water partition coefficient (Wildman–Crippen LogP) is 3.15. The maximum Gasteiger partial charge on any atom is 0.0372 e. The first-order valence-electron chi connectivity index (χ1n) is 6.08. The summed E-state index contributed by atoms with van der Waals surface area (Å²) in [6.45, 7) is 9.52. The zero-order valence-electron chi connectivity index (χ0n) is 10.9. The molecule has 0 heterocycles. The molecule has 0 saturated carbocycles. The number of nitrogens with two attached hydrogens (primary N) is 1. The standard InChI is InChI=1S/C14H24N2/c1-10-8-12(3)14(9-11(10)2)16-7-5-6-13(4)15/h8-9,13,16H,5-7,15H2,1-4H3. The molecule has 0 amide bonds. The van der Waals surface area contributed by atoms with Gasteiger partial charge in [-0.25, -0.2) is 0 Å². The highest BCUT2D eigenvalue weighted by molar-refractivity contribution is 5.54. The highest BCUT2D eigenvalue weighted by atomic mass is 14.9. The molecule has 16 heavy (non-hydrogen) atoms. The van der Waals surface area contributed by atoms with Crippen LogP contribution < -0.4 is 11.1 Å². The summed E-state index contributed by atoms with van der Waals surface area (Å²) < 4.78 is 0. The molecule has 2 heteroatoms. The van der Waals surface area contributed by atoms with Gasteiger partial charge in [0.2, 0.25) is 0 Å². The van der Waals surface area contributed by atoms with Crippen LogP contribution >= 0.6 is 0 Å². The normalized spacial score (nSPS) is 12.6. The lowest BCUT2D eigenvalue weighted by molar-refractivity contribution is 0.639. The minimum Gasteiger partial charge on any atom is -0.385 e. The van der Waals surface area contributed by atoms with Gasteiger partial charge in [0, 0.05) is 18.3 Å². The number of anilines is 1. The Balaban J connectivity index is 2.51. The third-order valence-electron chi connectivity index (χ3n) is 2.99. The van der Waals surface area contributed by atoms with Crippen LogP contribution in [-0.2, 0) is 0 Å². The van der Waals surface area contributed by atoms with Gasteiger partial charge in [-0.1, -0.05) is 6.07 Å². The fourth-order valence-electron chi connectivity index (χ4n) is 1.80. The van der Waals surface area contributed by atoms with Crippen molar-refractivity contribution < 1.29 is 0 Å². The summed E-state index contributed by atoms with van der Waals surface area (Å²) in [5, 5.41) is 3.48. The molecule has 90 valence electrons. The molecule has 0 aromatic heterocycles. The van der Waals surface area contributed by atoms with E-state index in [1.807, 2.05) is 0 Å². The molecular weight excluding hydrogens is 196 g/mol. The summed E-state index contributed by atoms with van der Waals surface area (Å²) in [6.07, 6.45) is 2.21. The number of nitrogens with one attached hydrogen (secondary N) is 1. The van der Waals surface area contributed by atoms with Crippen molar-refractivity contribution in [3.8, 4) is 0 Å². The molecule has 3 N–H and O–H groups in total. The molecule has 1 atom stereocenters. The lowest BCUT2D eigenvalue weighted by atomic mass is 10.0. The van der Waals surface area contributed by atoms with Gasteiger partial charge in [0.1, 0.15) is 0 Å². The van der Waals surface area contributed by atoms with Gasteiger partial charge in [0.25, 0.3) is 0 Å². The van der Waals surface area contributed by atoms with Crippen LogP contribution in [0.5, 0.6) is 0 Å². The van der Waals surface area contributed by atoms with E-state index < -0.39 is 0 Å². The smallest absolute Gasteiger partial charge is 0.0372 e. The van der Waals surface area contributed by atoms with E-state index in [0.717, 1.165) is 19.4 Å². The Kier molecular flexibility index (Phi) is 4.81. The van der Waals surface area contributed by atoms with Crippen molar-refractivity contribution in [2.45, 2.75) is 46.6 Å². The molecule has 1 aromatic carbocycles. The second kappa shape index (κ2) is 5.90. The molecule has 0 bridgehead atoms. The van der Waals surface area contributed by atoms with Gasteiger partial charge < -0.3 is 11.1 Å². The van der Waals surface area contributed by atoms with Gasteiger partial charge in [-0.2, -0.15) is 0 Å². The fourth-order valence-corrected chi connectivity index (χ4v) is 1.80. The number of rotatable bonds is 5. The summed E-state index contributed by atoms with van der Waals surface area (Å²) in [6, 6.07) is 4.78. The van der Waals surface area contributed by atoms with Crippen molar-refractivity contribution in [2.24, 2.45) is 5.73 Å². The quantitative estimate of drug-likeness (QED) is 0.748. The fraction of sp³-hybridized carbons (Fsp3) is 0.571.